The van der Waals surface area contributed by atoms with Crippen molar-refractivity contribution >= 4 is 5.57 Å². The largest absolute Gasteiger partial charge is 0.504 e. The molecule has 0 aliphatic rings. The summed E-state index contributed by atoms with van der Waals surface area (Å²) in [7, 11) is 1.68. The zero-order chi connectivity index (χ0) is 8.81. The molecule has 1 heteroatoms. The highest BCUT2D eigenvalue weighted by atomic mass is 16.5. The second-order valence-electron chi connectivity index (χ2n) is 2.60. The maximum atomic E-state index is 4.99. The molecule has 0 saturated carbocycles. The van der Waals surface area contributed by atoms with Gasteiger partial charge >= 0.3 is 0 Å². The van der Waals surface area contributed by atoms with Crippen LogP contribution in [-0.4, -0.2) is 7.11 Å². The molecule has 64 valence electrons. The van der Waals surface area contributed by atoms with Crippen molar-refractivity contribution in [3.63, 3.8) is 0 Å². The lowest BCUT2D eigenvalue weighted by Gasteiger charge is -2.03. The number of hydrogen-bond acceptors (Lipinski definition) is 1. The van der Waals surface area contributed by atoms with Gasteiger partial charge in [-0.2, -0.15) is 0 Å². The minimum Gasteiger partial charge on any atom is -0.504 e. The summed E-state index contributed by atoms with van der Waals surface area (Å²) >= 11 is 0. The molecule has 0 atom stereocenters. The van der Waals surface area contributed by atoms with E-state index in [4.69, 9.17) is 4.74 Å². The molecule has 0 radical (unpaired) electrons. The Morgan fingerprint density at radius 2 is 2.00 bits per heavy atom. The summed E-state index contributed by atoms with van der Waals surface area (Å²) in [5.41, 5.74) is 2.47. The summed E-state index contributed by atoms with van der Waals surface area (Å²) in [5, 5.41) is 0. The molecular weight excluding hydrogens is 148 g/mol. The van der Waals surface area contributed by atoms with Gasteiger partial charge in [-0.25, -0.2) is 0 Å². The monoisotopic (exact) mass is 162 g/mol. The number of benzene rings is 1. The van der Waals surface area contributed by atoms with Crippen LogP contribution in [0.5, 0.6) is 0 Å². The average molecular weight is 162 g/mol. The third-order valence-corrected chi connectivity index (χ3v) is 1.79. The fraction of sp³-hybridized carbons (Fsp3) is 0.273. The van der Waals surface area contributed by atoms with E-state index in [1.807, 2.05) is 18.2 Å². The van der Waals surface area contributed by atoms with E-state index < -0.39 is 0 Å². The van der Waals surface area contributed by atoms with Crippen molar-refractivity contribution in [1.82, 2.24) is 0 Å². The van der Waals surface area contributed by atoms with Gasteiger partial charge in [0.2, 0.25) is 0 Å². The molecule has 0 fully saturated rings. The molecule has 0 aliphatic carbocycles. The first kappa shape index (κ1) is 8.85. The van der Waals surface area contributed by atoms with Crippen LogP contribution in [0.4, 0.5) is 0 Å². The summed E-state index contributed by atoms with van der Waals surface area (Å²) in [4.78, 5) is 0. The molecule has 0 unspecified atom stereocenters. The quantitative estimate of drug-likeness (QED) is 0.620. The predicted molar refractivity (Wildman–Crippen MR) is 51.7 cm³/mol. The second kappa shape index (κ2) is 4.60. The van der Waals surface area contributed by atoms with Crippen LogP contribution < -0.4 is 0 Å². The van der Waals surface area contributed by atoms with E-state index in [1.54, 1.807) is 13.4 Å². The molecule has 0 spiro atoms. The van der Waals surface area contributed by atoms with Gasteiger partial charge in [-0.3, -0.25) is 0 Å². The van der Waals surface area contributed by atoms with E-state index in [0.29, 0.717) is 0 Å². The van der Waals surface area contributed by atoms with Crippen molar-refractivity contribution in [2.75, 3.05) is 7.11 Å². The molecule has 0 bridgehead atoms. The Labute approximate surface area is 73.7 Å². The number of allylic oxidation sites excluding steroid dienone is 1. The van der Waals surface area contributed by atoms with Gasteiger partial charge in [-0.05, 0) is 17.6 Å². The fourth-order valence-electron chi connectivity index (χ4n) is 1.15. The Morgan fingerprint density at radius 3 is 2.50 bits per heavy atom. The highest BCUT2D eigenvalue weighted by Gasteiger charge is 1.96. The van der Waals surface area contributed by atoms with E-state index in [1.165, 1.54) is 11.1 Å². The zero-order valence-corrected chi connectivity index (χ0v) is 7.58. The van der Waals surface area contributed by atoms with Gasteiger partial charge in [0.05, 0.1) is 13.4 Å². The Balaban J connectivity index is 2.88. The van der Waals surface area contributed by atoms with E-state index in [0.717, 1.165) is 6.42 Å². The van der Waals surface area contributed by atoms with Gasteiger partial charge in [0.25, 0.3) is 0 Å². The van der Waals surface area contributed by atoms with Crippen LogP contribution in [0, 0.1) is 0 Å². The Hall–Kier alpha value is -1.24. The SMILES string of the molecule is CCC(=COC)c1ccccc1. The minimum absolute atomic E-state index is 0.998. The summed E-state index contributed by atoms with van der Waals surface area (Å²) < 4.78 is 4.99. The average Bonchev–Trinajstić information content (AvgIpc) is 2.15. The van der Waals surface area contributed by atoms with E-state index in [-0.39, 0.29) is 0 Å². The molecule has 1 nitrogen and oxygen atoms in total. The number of ether oxygens (including phenoxy) is 1. The van der Waals surface area contributed by atoms with Gasteiger partial charge in [0.15, 0.2) is 0 Å². The van der Waals surface area contributed by atoms with Crippen LogP contribution in [0.1, 0.15) is 18.9 Å². The molecule has 0 heterocycles. The smallest absolute Gasteiger partial charge is 0.0862 e. The first-order valence-electron chi connectivity index (χ1n) is 4.15. The summed E-state index contributed by atoms with van der Waals surface area (Å²) in [5.74, 6) is 0. The molecule has 0 aliphatic heterocycles. The first-order chi connectivity index (χ1) is 5.88. The van der Waals surface area contributed by atoms with Crippen molar-refractivity contribution in [3.05, 3.63) is 42.2 Å². The topological polar surface area (TPSA) is 9.23 Å². The Bertz CT molecular complexity index is 249. The third-order valence-electron chi connectivity index (χ3n) is 1.79. The molecule has 0 aromatic heterocycles. The maximum absolute atomic E-state index is 4.99. The van der Waals surface area contributed by atoms with Crippen molar-refractivity contribution in [2.45, 2.75) is 13.3 Å². The van der Waals surface area contributed by atoms with Crippen LogP contribution in [0.15, 0.2) is 36.6 Å². The van der Waals surface area contributed by atoms with Crippen molar-refractivity contribution < 1.29 is 4.74 Å². The number of rotatable bonds is 3. The normalized spacial score (nSPS) is 11.3. The third kappa shape index (κ3) is 2.12. The lowest BCUT2D eigenvalue weighted by atomic mass is 10.1. The number of hydrogen-bond donors (Lipinski definition) is 0. The zero-order valence-electron chi connectivity index (χ0n) is 7.58. The van der Waals surface area contributed by atoms with Gasteiger partial charge in [-0.1, -0.05) is 37.3 Å². The fourth-order valence-corrected chi connectivity index (χ4v) is 1.15. The van der Waals surface area contributed by atoms with Crippen molar-refractivity contribution in [1.29, 1.82) is 0 Å². The molecule has 0 N–H and O–H groups in total. The maximum Gasteiger partial charge on any atom is 0.0862 e. The van der Waals surface area contributed by atoms with Crippen LogP contribution >= 0.6 is 0 Å². The van der Waals surface area contributed by atoms with Gasteiger partial charge in [0.1, 0.15) is 0 Å². The predicted octanol–water partition coefficient (Wildman–Crippen LogP) is 3.08. The highest BCUT2D eigenvalue weighted by Crippen LogP contribution is 2.16. The van der Waals surface area contributed by atoms with E-state index in [9.17, 15) is 0 Å². The standard InChI is InChI=1S/C11H14O/c1-3-10(9-12-2)11-7-5-4-6-8-11/h4-9H,3H2,1-2H3. The summed E-state index contributed by atoms with van der Waals surface area (Å²) in [6.45, 7) is 2.12. The molecule has 0 amide bonds. The molecule has 1 aromatic carbocycles. The van der Waals surface area contributed by atoms with Crippen LogP contribution in [0.2, 0.25) is 0 Å². The number of methoxy groups -OCH3 is 1. The molecular formula is C11H14O. The second-order valence-corrected chi connectivity index (χ2v) is 2.60. The Kier molecular flexibility index (Phi) is 3.39. The van der Waals surface area contributed by atoms with Crippen LogP contribution in [0.3, 0.4) is 0 Å². The van der Waals surface area contributed by atoms with Crippen molar-refractivity contribution in [2.24, 2.45) is 0 Å². The summed E-state index contributed by atoms with van der Waals surface area (Å²) in [6.07, 6.45) is 2.80. The van der Waals surface area contributed by atoms with Gasteiger partial charge in [-0.15, -0.1) is 0 Å². The minimum atomic E-state index is 0.998. The molecule has 1 rings (SSSR count). The van der Waals surface area contributed by atoms with E-state index >= 15 is 0 Å². The summed E-state index contributed by atoms with van der Waals surface area (Å²) in [6, 6.07) is 10.3. The lowest BCUT2D eigenvalue weighted by Crippen LogP contribution is -1.82. The lowest BCUT2D eigenvalue weighted by molar-refractivity contribution is 0.339. The Morgan fingerprint density at radius 1 is 1.33 bits per heavy atom. The van der Waals surface area contributed by atoms with Crippen LogP contribution in [0.25, 0.3) is 5.57 Å². The van der Waals surface area contributed by atoms with Gasteiger partial charge in [0, 0.05) is 0 Å². The molecule has 12 heavy (non-hydrogen) atoms. The first-order valence-corrected chi connectivity index (χ1v) is 4.15. The van der Waals surface area contributed by atoms with E-state index in [2.05, 4.69) is 19.1 Å². The van der Waals surface area contributed by atoms with Gasteiger partial charge < -0.3 is 4.74 Å². The molecule has 0 saturated heterocycles. The van der Waals surface area contributed by atoms with Crippen LogP contribution in [-0.2, 0) is 4.74 Å². The highest BCUT2D eigenvalue weighted by molar-refractivity contribution is 5.64. The van der Waals surface area contributed by atoms with Crippen molar-refractivity contribution in [3.8, 4) is 0 Å². The molecule has 1 aromatic rings.